The van der Waals surface area contributed by atoms with Crippen LogP contribution in [0, 0.1) is 0 Å². The molecule has 1 heterocycles. The first-order valence-corrected chi connectivity index (χ1v) is 5.25. The van der Waals surface area contributed by atoms with Crippen molar-refractivity contribution in [2.24, 2.45) is 0 Å². The average molecular weight is 268 g/mol. The molecule has 3 nitrogen and oxygen atoms in total. The molecule has 9 heteroatoms. The Bertz CT molecular complexity index is 450. The summed E-state index contributed by atoms with van der Waals surface area (Å²) in [4.78, 5) is 0.997. The zero-order valence-electron chi connectivity index (χ0n) is 6.19. The van der Waals surface area contributed by atoms with Crippen LogP contribution in [-0.2, 0) is 9.84 Å². The quantitative estimate of drug-likeness (QED) is 0.851. The van der Waals surface area contributed by atoms with E-state index in [1.54, 1.807) is 0 Å². The Hall–Kier alpha value is -0.400. The molecule has 1 aromatic heterocycles. The third kappa shape index (κ3) is 1.71. The zero-order valence-corrected chi connectivity index (χ0v) is 8.52. The van der Waals surface area contributed by atoms with E-state index in [-0.39, 0.29) is 5.15 Å². The highest BCUT2D eigenvalue weighted by atomic mass is 35.5. The van der Waals surface area contributed by atoms with Crippen LogP contribution in [0.25, 0.3) is 0 Å². The molecule has 0 aliphatic heterocycles. The van der Waals surface area contributed by atoms with Crippen molar-refractivity contribution in [3.63, 3.8) is 0 Å². The van der Waals surface area contributed by atoms with Crippen LogP contribution in [0.2, 0.25) is 10.2 Å². The van der Waals surface area contributed by atoms with E-state index < -0.39 is 25.3 Å². The summed E-state index contributed by atoms with van der Waals surface area (Å²) >= 11 is 10.5. The average Bonchev–Trinajstić information content (AvgIpc) is 2.30. The number of rotatable bonds is 1. The SMILES string of the molecule is O=S(=O)(c1c[nH]c(Cl)c1Cl)C(F)(F)F. The van der Waals surface area contributed by atoms with Crippen LogP contribution >= 0.6 is 23.2 Å². The second kappa shape index (κ2) is 3.32. The van der Waals surface area contributed by atoms with Gasteiger partial charge in [-0.3, -0.25) is 0 Å². The number of hydrogen-bond acceptors (Lipinski definition) is 2. The number of aromatic nitrogens is 1. The van der Waals surface area contributed by atoms with Crippen molar-refractivity contribution < 1.29 is 21.6 Å². The maximum atomic E-state index is 12.0. The first-order chi connectivity index (χ1) is 6.18. The minimum Gasteiger partial charge on any atom is -0.350 e. The highest BCUT2D eigenvalue weighted by Gasteiger charge is 2.48. The lowest BCUT2D eigenvalue weighted by atomic mass is 10.7. The summed E-state index contributed by atoms with van der Waals surface area (Å²) in [5.74, 6) is 0. The van der Waals surface area contributed by atoms with Crippen molar-refractivity contribution in [2.75, 3.05) is 0 Å². The molecule has 1 rings (SSSR count). The van der Waals surface area contributed by atoms with Crippen LogP contribution in [0.5, 0.6) is 0 Å². The summed E-state index contributed by atoms with van der Waals surface area (Å²) in [6.45, 7) is 0. The minimum atomic E-state index is -5.43. The van der Waals surface area contributed by atoms with Gasteiger partial charge < -0.3 is 4.98 Å². The predicted molar refractivity (Wildman–Crippen MR) is 44.1 cm³/mol. The molecular weight excluding hydrogens is 266 g/mol. The van der Waals surface area contributed by atoms with Gasteiger partial charge in [0.1, 0.15) is 10.0 Å². The smallest absolute Gasteiger partial charge is 0.350 e. The third-order valence-electron chi connectivity index (χ3n) is 1.33. The van der Waals surface area contributed by atoms with Gasteiger partial charge in [-0.05, 0) is 0 Å². The van der Waals surface area contributed by atoms with E-state index in [2.05, 4.69) is 4.98 Å². The highest BCUT2D eigenvalue weighted by Crippen LogP contribution is 2.36. The fourth-order valence-electron chi connectivity index (χ4n) is 0.684. The molecule has 1 N–H and O–H groups in total. The minimum absolute atomic E-state index is 0.352. The fourth-order valence-corrected chi connectivity index (χ4v) is 2.11. The normalized spacial score (nSPS) is 13.2. The van der Waals surface area contributed by atoms with Crippen molar-refractivity contribution >= 4 is 33.0 Å². The maximum absolute atomic E-state index is 12.0. The van der Waals surface area contributed by atoms with Crippen LogP contribution in [0.4, 0.5) is 13.2 Å². The van der Waals surface area contributed by atoms with Crippen molar-refractivity contribution in [3.05, 3.63) is 16.4 Å². The van der Waals surface area contributed by atoms with Crippen LogP contribution in [0.1, 0.15) is 0 Å². The van der Waals surface area contributed by atoms with Gasteiger partial charge in [0.2, 0.25) is 0 Å². The molecule has 0 atom stereocenters. The van der Waals surface area contributed by atoms with Crippen molar-refractivity contribution in [1.82, 2.24) is 4.98 Å². The van der Waals surface area contributed by atoms with E-state index in [1.807, 2.05) is 0 Å². The third-order valence-corrected chi connectivity index (χ3v) is 3.74. The van der Waals surface area contributed by atoms with Gasteiger partial charge in [-0.1, -0.05) is 23.2 Å². The first-order valence-electron chi connectivity index (χ1n) is 3.01. The Labute approximate surface area is 86.7 Å². The topological polar surface area (TPSA) is 49.9 Å². The molecule has 0 saturated heterocycles. The Morgan fingerprint density at radius 3 is 2.07 bits per heavy atom. The molecule has 0 amide bonds. The van der Waals surface area contributed by atoms with Crippen molar-refractivity contribution in [2.45, 2.75) is 10.4 Å². The Balaban J connectivity index is 3.39. The summed E-state index contributed by atoms with van der Waals surface area (Å²) in [6, 6.07) is 0. The molecule has 1 aromatic rings. The first kappa shape index (κ1) is 11.7. The largest absolute Gasteiger partial charge is 0.502 e. The van der Waals surface area contributed by atoms with Crippen molar-refractivity contribution in [1.29, 1.82) is 0 Å². The monoisotopic (exact) mass is 267 g/mol. The fraction of sp³-hybridized carbons (Fsp3) is 0.200. The number of hydrogen-bond donors (Lipinski definition) is 1. The Kier molecular flexibility index (Phi) is 2.77. The number of nitrogens with one attached hydrogen (secondary N) is 1. The van der Waals surface area contributed by atoms with Crippen LogP contribution in [0.3, 0.4) is 0 Å². The standard InChI is InChI=1S/C5H2Cl2F3NO2S/c6-3-2(1-11-4(3)7)14(12,13)5(8,9)10/h1,11H. The molecule has 0 spiro atoms. The van der Waals surface area contributed by atoms with Gasteiger partial charge in [-0.25, -0.2) is 8.42 Å². The Morgan fingerprint density at radius 1 is 1.29 bits per heavy atom. The Morgan fingerprint density at radius 2 is 1.79 bits per heavy atom. The van der Waals surface area contributed by atoms with Crippen LogP contribution in [-0.4, -0.2) is 18.9 Å². The van der Waals surface area contributed by atoms with Gasteiger partial charge in [0.25, 0.3) is 9.84 Å². The highest BCUT2D eigenvalue weighted by molar-refractivity contribution is 7.92. The molecular formula is C5H2Cl2F3NO2S. The van der Waals surface area contributed by atoms with E-state index in [0.717, 1.165) is 0 Å². The van der Waals surface area contributed by atoms with Gasteiger partial charge >= 0.3 is 5.51 Å². The number of H-pyrrole nitrogens is 1. The second-order valence-electron chi connectivity index (χ2n) is 2.23. The predicted octanol–water partition coefficient (Wildman–Crippen LogP) is 2.62. The van der Waals surface area contributed by atoms with Gasteiger partial charge in [-0.2, -0.15) is 13.2 Å². The molecule has 14 heavy (non-hydrogen) atoms. The van der Waals surface area contributed by atoms with Gasteiger partial charge in [0.15, 0.2) is 0 Å². The molecule has 0 fully saturated rings. The lowest BCUT2D eigenvalue weighted by molar-refractivity contribution is -0.0435. The molecule has 0 radical (unpaired) electrons. The molecule has 0 saturated carbocycles. The van der Waals surface area contributed by atoms with E-state index in [4.69, 9.17) is 23.2 Å². The van der Waals surface area contributed by atoms with Crippen LogP contribution < -0.4 is 0 Å². The van der Waals surface area contributed by atoms with Gasteiger partial charge in [-0.15, -0.1) is 0 Å². The molecule has 0 aliphatic carbocycles. The maximum Gasteiger partial charge on any atom is 0.502 e. The number of alkyl halides is 3. The zero-order chi connectivity index (χ0) is 11.1. The number of aromatic amines is 1. The summed E-state index contributed by atoms with van der Waals surface area (Å²) in [5.41, 5.74) is -5.39. The number of sulfone groups is 1. The van der Waals surface area contributed by atoms with Crippen LogP contribution in [0.15, 0.2) is 11.1 Å². The lowest BCUT2D eigenvalue weighted by Gasteiger charge is -2.05. The van der Waals surface area contributed by atoms with E-state index in [1.165, 1.54) is 0 Å². The van der Waals surface area contributed by atoms with Gasteiger partial charge in [0, 0.05) is 6.20 Å². The van der Waals surface area contributed by atoms with Crippen molar-refractivity contribution in [3.8, 4) is 0 Å². The molecule has 0 aliphatic rings. The summed E-state index contributed by atoms with van der Waals surface area (Å²) in [5, 5.41) is -1.02. The molecule has 0 aromatic carbocycles. The van der Waals surface area contributed by atoms with E-state index in [0.29, 0.717) is 6.20 Å². The lowest BCUT2D eigenvalue weighted by Crippen LogP contribution is -2.23. The summed E-state index contributed by atoms with van der Waals surface area (Å²) in [7, 11) is -5.43. The van der Waals surface area contributed by atoms with Gasteiger partial charge in [0.05, 0.1) is 5.02 Å². The molecule has 0 unspecified atom stereocenters. The molecule has 0 bridgehead atoms. The summed E-state index contributed by atoms with van der Waals surface area (Å²) in [6.07, 6.45) is 0.591. The summed E-state index contributed by atoms with van der Waals surface area (Å²) < 4.78 is 57.6. The van der Waals surface area contributed by atoms with E-state index in [9.17, 15) is 21.6 Å². The number of halogens is 5. The molecule has 80 valence electrons. The second-order valence-corrected chi connectivity index (χ2v) is 4.90. The van der Waals surface area contributed by atoms with E-state index >= 15 is 0 Å².